The van der Waals surface area contributed by atoms with E-state index in [-0.39, 0.29) is 0 Å². The molecule has 0 amide bonds. The molecule has 0 atom stereocenters. The van der Waals surface area contributed by atoms with Crippen LogP contribution in [-0.4, -0.2) is 21.3 Å². The summed E-state index contributed by atoms with van der Waals surface area (Å²) in [6.45, 7) is 4.18. The normalized spacial score (nSPS) is 14.3. The summed E-state index contributed by atoms with van der Waals surface area (Å²) in [5.74, 6) is 0.336. The molecule has 0 radical (unpaired) electrons. The van der Waals surface area contributed by atoms with Crippen molar-refractivity contribution in [1.29, 1.82) is 0 Å². The van der Waals surface area contributed by atoms with Crippen LogP contribution in [0.3, 0.4) is 0 Å². The first-order valence-corrected chi connectivity index (χ1v) is 28.1. The molecule has 0 unspecified atom stereocenters. The summed E-state index contributed by atoms with van der Waals surface area (Å²) in [5.41, 5.74) is 0.639. The minimum absolute atomic E-state index is 0.336. The summed E-state index contributed by atoms with van der Waals surface area (Å²) < 4.78 is 1.72. The molecule has 3 nitrogen and oxygen atoms in total. The number of rotatable bonds is 3. The van der Waals surface area contributed by atoms with E-state index in [2.05, 4.69) is 24.3 Å². The van der Waals surface area contributed by atoms with E-state index in [1.165, 1.54) is 0 Å². The Hall–Kier alpha value is 2.01. The SMILES string of the molecule is CNc1sc(C(C)C)n[n+]1-c1c(Cl)cc(Cl)cc1Cl.[Cl][Sb-]([Cl])([Cl])([Cl])([Cl])[Cl]. The number of anilines is 1. The summed E-state index contributed by atoms with van der Waals surface area (Å²) in [5, 5.41) is 11.0. The van der Waals surface area contributed by atoms with Crippen LogP contribution in [0, 0.1) is 0 Å². The average molecular weight is 672 g/mol. The van der Waals surface area contributed by atoms with Crippen LogP contribution >= 0.6 is 99.1 Å². The molecule has 26 heavy (non-hydrogen) atoms. The number of aromatic nitrogens is 2. The van der Waals surface area contributed by atoms with Gasteiger partial charge in [-0.15, -0.1) is 0 Å². The van der Waals surface area contributed by atoms with Crippen molar-refractivity contribution < 1.29 is 4.68 Å². The standard InChI is InChI=1S/C12H12Cl3N3S.6ClH.Sb/c1-6(2)11-17-18(12(16-3)19-11)10-8(14)4-7(13)5-9(10)15;;;;;;;/h4-6H,1-3H3;6*1H;/q;;;;;;;+5/p-5. The third-order valence-electron chi connectivity index (χ3n) is 2.49. The molecule has 0 saturated heterocycles. The van der Waals surface area contributed by atoms with Crippen molar-refractivity contribution in [2.24, 2.45) is 0 Å². The molecule has 0 saturated carbocycles. The topological polar surface area (TPSA) is 28.8 Å². The monoisotopic (exact) mass is 667 g/mol. The second-order valence-electron chi connectivity index (χ2n) is 5.24. The number of halogens is 9. The van der Waals surface area contributed by atoms with Crippen LogP contribution in [0.4, 0.5) is 5.13 Å². The number of nitrogens with one attached hydrogen (secondary N) is 1. The molecule has 0 aliphatic heterocycles. The maximum absolute atomic E-state index is 6.23. The van der Waals surface area contributed by atoms with Gasteiger partial charge in [0.15, 0.2) is 5.69 Å². The predicted octanol–water partition coefficient (Wildman–Crippen LogP) is 8.30. The van der Waals surface area contributed by atoms with Gasteiger partial charge in [-0.2, -0.15) is 0 Å². The predicted molar refractivity (Wildman–Crippen MR) is 123 cm³/mol. The van der Waals surface area contributed by atoms with Crippen molar-refractivity contribution in [1.82, 2.24) is 5.10 Å². The Kier molecular flexibility index (Phi) is 8.65. The first-order chi connectivity index (χ1) is 11.4. The van der Waals surface area contributed by atoms with Gasteiger partial charge in [-0.25, -0.2) is 0 Å². The second kappa shape index (κ2) is 8.63. The van der Waals surface area contributed by atoms with Gasteiger partial charge in [0.05, 0.1) is 17.1 Å². The molecule has 1 aromatic carbocycles. The average Bonchev–Trinajstić information content (AvgIpc) is 2.77. The summed E-state index contributed by atoms with van der Waals surface area (Å²) in [6.07, 6.45) is 0. The quantitative estimate of drug-likeness (QED) is 0.263. The Balaban J connectivity index is 0.000000412. The Bertz CT molecular complexity index is 768. The Morgan fingerprint density at radius 1 is 1.00 bits per heavy atom. The van der Waals surface area contributed by atoms with Gasteiger partial charge in [-0.3, -0.25) is 5.32 Å². The summed E-state index contributed by atoms with van der Waals surface area (Å²) >= 11 is 20.0. The Labute approximate surface area is 190 Å². The fraction of sp³-hybridized carbons (Fsp3) is 0.333. The van der Waals surface area contributed by atoms with E-state index in [1.54, 1.807) is 28.2 Å². The van der Waals surface area contributed by atoms with Crippen LogP contribution in [0.25, 0.3) is 5.69 Å². The van der Waals surface area contributed by atoms with Crippen LogP contribution in [0.1, 0.15) is 24.8 Å². The van der Waals surface area contributed by atoms with Crippen LogP contribution in [-0.2, 0) is 0 Å². The molecule has 0 fully saturated rings. The molecule has 2 rings (SSSR count). The molecular formula is C12H13Cl9N3SSb. The molecule has 14 heteroatoms. The van der Waals surface area contributed by atoms with Crippen molar-refractivity contribution in [3.05, 3.63) is 32.2 Å². The van der Waals surface area contributed by atoms with Crippen molar-refractivity contribution >= 4 is 113 Å². The molecule has 0 aliphatic rings. The molecule has 0 aliphatic carbocycles. The third-order valence-corrected chi connectivity index (χ3v) is 4.62. The first kappa shape index (κ1) is 26.0. The third kappa shape index (κ3) is 10.2. The second-order valence-corrected chi connectivity index (χ2v) is 64.4. The number of hydrogen-bond donors (Lipinski definition) is 1. The van der Waals surface area contributed by atoms with Gasteiger partial charge in [0.25, 0.3) is 0 Å². The van der Waals surface area contributed by atoms with Crippen LogP contribution in [0.15, 0.2) is 12.1 Å². The van der Waals surface area contributed by atoms with Gasteiger partial charge >= 0.3 is 67.2 Å². The zero-order valence-electron chi connectivity index (χ0n) is 13.4. The summed E-state index contributed by atoms with van der Waals surface area (Å²) in [4.78, 5) is 0. The van der Waals surface area contributed by atoms with Gasteiger partial charge in [0.1, 0.15) is 5.01 Å². The van der Waals surface area contributed by atoms with Crippen molar-refractivity contribution in [3.63, 3.8) is 0 Å². The van der Waals surface area contributed by atoms with Gasteiger partial charge in [0.2, 0.25) is 0 Å². The molecule has 2 aromatic rings. The van der Waals surface area contributed by atoms with Crippen molar-refractivity contribution in [3.8, 4) is 5.69 Å². The van der Waals surface area contributed by atoms with E-state index < -0.39 is 9.14 Å². The molecule has 1 N–H and O–H groups in total. The fourth-order valence-corrected chi connectivity index (χ4v) is 3.44. The zero-order valence-corrected chi connectivity index (χ0v) is 23.6. The minimum atomic E-state index is -5.42. The van der Waals surface area contributed by atoms with Gasteiger partial charge in [-0.05, 0) is 23.5 Å². The number of benzene rings is 1. The van der Waals surface area contributed by atoms with E-state index in [9.17, 15) is 0 Å². The van der Waals surface area contributed by atoms with Crippen LogP contribution < -0.4 is 10.00 Å². The molecule has 1 aromatic heterocycles. The van der Waals surface area contributed by atoms with Crippen LogP contribution in [0.2, 0.25) is 15.1 Å². The van der Waals surface area contributed by atoms with Gasteiger partial charge in [0, 0.05) is 10.9 Å². The number of nitrogens with zero attached hydrogens (tertiary/aromatic N) is 2. The molecular weight excluding hydrogens is 659 g/mol. The van der Waals surface area contributed by atoms with Gasteiger partial charge < -0.3 is 0 Å². The Morgan fingerprint density at radius 2 is 1.42 bits per heavy atom. The first-order valence-electron chi connectivity index (χ1n) is 6.71. The molecule has 0 bridgehead atoms. The van der Waals surface area contributed by atoms with E-state index >= 15 is 0 Å². The van der Waals surface area contributed by atoms with Crippen LogP contribution in [0.5, 0.6) is 0 Å². The van der Waals surface area contributed by atoms with E-state index in [0.29, 0.717) is 26.7 Å². The maximum atomic E-state index is 6.23. The molecule has 1 heterocycles. The Morgan fingerprint density at radius 3 is 1.77 bits per heavy atom. The van der Waals surface area contributed by atoms with Crippen molar-refractivity contribution in [2.75, 3.05) is 12.4 Å². The van der Waals surface area contributed by atoms with Crippen molar-refractivity contribution in [2.45, 2.75) is 19.8 Å². The molecule has 150 valence electrons. The number of hydrogen-bond acceptors (Lipinski definition) is 3. The van der Waals surface area contributed by atoms with E-state index in [1.807, 2.05) is 7.05 Å². The summed E-state index contributed by atoms with van der Waals surface area (Å²) in [7, 11) is 26.8. The fourth-order valence-electron chi connectivity index (χ4n) is 1.59. The zero-order chi connectivity index (χ0) is 20.6. The van der Waals surface area contributed by atoms with E-state index in [4.69, 9.17) is 87.8 Å². The van der Waals surface area contributed by atoms with Gasteiger partial charge in [-0.1, -0.05) is 58.4 Å². The molecule has 0 spiro atoms. The summed E-state index contributed by atoms with van der Waals surface area (Å²) in [6, 6.07) is 3.32. The van der Waals surface area contributed by atoms with E-state index in [0.717, 1.165) is 10.1 Å².